The quantitative estimate of drug-likeness (QED) is 0.804. The lowest BCUT2D eigenvalue weighted by Crippen LogP contribution is -2.33. The smallest absolute Gasteiger partial charge is 0.123 e. The van der Waals surface area contributed by atoms with Crippen LogP contribution in [0.1, 0.15) is 18.9 Å². The maximum Gasteiger partial charge on any atom is 0.123 e. The van der Waals surface area contributed by atoms with Crippen LogP contribution in [0, 0.1) is 5.82 Å². The highest BCUT2D eigenvalue weighted by Crippen LogP contribution is 2.32. The summed E-state index contributed by atoms with van der Waals surface area (Å²) in [5.41, 5.74) is 8.04. The molecule has 1 aliphatic heterocycles. The molecule has 2 rings (SSSR count). The molecule has 0 bridgehead atoms. The predicted octanol–water partition coefficient (Wildman–Crippen LogP) is 1.92. The number of halogens is 1. The van der Waals surface area contributed by atoms with Crippen molar-refractivity contribution in [3.63, 3.8) is 0 Å². The van der Waals surface area contributed by atoms with Crippen LogP contribution in [0.4, 0.5) is 10.1 Å². The summed E-state index contributed by atoms with van der Waals surface area (Å²) in [5, 5.41) is 0. The highest BCUT2D eigenvalue weighted by molar-refractivity contribution is 5.58. The Balaban J connectivity index is 2.21. The largest absolute Gasteiger partial charge is 0.371 e. The number of hydrogen-bond acceptors (Lipinski definition) is 2. The van der Waals surface area contributed by atoms with E-state index in [1.54, 1.807) is 6.07 Å². The minimum absolute atomic E-state index is 0.149. The number of fused-ring (bicyclic) bond motifs is 1. The van der Waals surface area contributed by atoms with Crippen LogP contribution < -0.4 is 10.6 Å². The van der Waals surface area contributed by atoms with E-state index in [4.69, 9.17) is 5.73 Å². The molecule has 0 saturated carbocycles. The lowest BCUT2D eigenvalue weighted by molar-refractivity contribution is 0.543. The number of nitrogens with two attached hydrogens (primary N) is 1. The van der Waals surface area contributed by atoms with Gasteiger partial charge in [-0.1, -0.05) is 0 Å². The Kier molecular flexibility index (Phi) is 2.65. The second-order valence-corrected chi connectivity index (χ2v) is 4.45. The molecular weight excluding hydrogens is 191 g/mol. The van der Waals surface area contributed by atoms with Crippen LogP contribution in [0.5, 0.6) is 0 Å². The summed E-state index contributed by atoms with van der Waals surface area (Å²) >= 11 is 0. The zero-order valence-corrected chi connectivity index (χ0v) is 9.20. The Morgan fingerprint density at radius 3 is 3.00 bits per heavy atom. The molecule has 2 atom stereocenters. The topological polar surface area (TPSA) is 29.3 Å². The van der Waals surface area contributed by atoms with Gasteiger partial charge in [-0.3, -0.25) is 0 Å². The average Bonchev–Trinajstić information content (AvgIpc) is 2.42. The van der Waals surface area contributed by atoms with Gasteiger partial charge in [-0.15, -0.1) is 0 Å². The fraction of sp³-hybridized carbons (Fsp3) is 0.500. The predicted molar refractivity (Wildman–Crippen MR) is 60.6 cm³/mol. The van der Waals surface area contributed by atoms with Crippen LogP contribution in [-0.2, 0) is 6.42 Å². The average molecular weight is 208 g/mol. The van der Waals surface area contributed by atoms with Crippen molar-refractivity contribution < 1.29 is 4.39 Å². The number of nitrogens with zero attached hydrogens (tertiary/aromatic N) is 1. The number of benzene rings is 1. The van der Waals surface area contributed by atoms with Crippen molar-refractivity contribution in [1.29, 1.82) is 0 Å². The van der Waals surface area contributed by atoms with Crippen LogP contribution in [0.2, 0.25) is 0 Å². The first kappa shape index (κ1) is 10.4. The van der Waals surface area contributed by atoms with Gasteiger partial charge < -0.3 is 10.6 Å². The Morgan fingerprint density at radius 1 is 1.60 bits per heavy atom. The lowest BCUT2D eigenvalue weighted by Gasteiger charge is -2.23. The molecule has 0 aliphatic carbocycles. The standard InChI is InChI=1S/C12H17FN2/c1-8(14)5-11-7-9-6-10(13)3-4-12(9)15(11)2/h3-4,6,8,11H,5,7,14H2,1-2H3. The molecule has 0 saturated heterocycles. The fourth-order valence-electron chi connectivity index (χ4n) is 2.32. The van der Waals surface area contributed by atoms with Crippen molar-refractivity contribution in [3.05, 3.63) is 29.6 Å². The van der Waals surface area contributed by atoms with Gasteiger partial charge in [-0.25, -0.2) is 4.39 Å². The molecule has 0 spiro atoms. The summed E-state index contributed by atoms with van der Waals surface area (Å²) in [7, 11) is 2.05. The lowest BCUT2D eigenvalue weighted by atomic mass is 10.0. The molecular formula is C12H17FN2. The van der Waals surface area contributed by atoms with Crippen LogP contribution in [0.3, 0.4) is 0 Å². The van der Waals surface area contributed by atoms with Gasteiger partial charge in [-0.05, 0) is 43.5 Å². The number of likely N-dealkylation sites (N-methyl/N-ethyl adjacent to an activating group) is 1. The summed E-state index contributed by atoms with van der Waals surface area (Å²) in [6.07, 6.45) is 1.86. The Hall–Kier alpha value is -1.09. The number of hydrogen-bond donors (Lipinski definition) is 1. The summed E-state index contributed by atoms with van der Waals surface area (Å²) in [4.78, 5) is 2.21. The molecule has 1 aromatic carbocycles. The monoisotopic (exact) mass is 208 g/mol. The highest BCUT2D eigenvalue weighted by atomic mass is 19.1. The molecule has 3 heteroatoms. The third-order valence-corrected chi connectivity index (χ3v) is 3.07. The second-order valence-electron chi connectivity index (χ2n) is 4.45. The van der Waals surface area contributed by atoms with Crippen molar-refractivity contribution in [1.82, 2.24) is 0 Å². The normalized spacial score (nSPS) is 21.6. The first-order valence-electron chi connectivity index (χ1n) is 5.35. The van der Waals surface area contributed by atoms with E-state index in [2.05, 4.69) is 11.9 Å². The number of rotatable bonds is 2. The van der Waals surface area contributed by atoms with Crippen LogP contribution >= 0.6 is 0 Å². The molecule has 2 unspecified atom stereocenters. The van der Waals surface area contributed by atoms with Crippen LogP contribution in [0.25, 0.3) is 0 Å². The van der Waals surface area contributed by atoms with E-state index >= 15 is 0 Å². The van der Waals surface area contributed by atoms with Gasteiger partial charge in [0, 0.05) is 24.8 Å². The summed E-state index contributed by atoms with van der Waals surface area (Å²) in [6.45, 7) is 2.01. The molecule has 0 aromatic heterocycles. The van der Waals surface area contributed by atoms with Crippen molar-refractivity contribution in [3.8, 4) is 0 Å². The van der Waals surface area contributed by atoms with Gasteiger partial charge in [0.15, 0.2) is 0 Å². The molecule has 1 heterocycles. The van der Waals surface area contributed by atoms with E-state index in [0.717, 1.165) is 24.1 Å². The Morgan fingerprint density at radius 2 is 2.33 bits per heavy atom. The minimum Gasteiger partial charge on any atom is -0.371 e. The molecule has 2 N–H and O–H groups in total. The Bertz CT molecular complexity index is 363. The molecule has 2 nitrogen and oxygen atoms in total. The van der Waals surface area contributed by atoms with Gasteiger partial charge >= 0.3 is 0 Å². The van der Waals surface area contributed by atoms with E-state index in [0.29, 0.717) is 6.04 Å². The summed E-state index contributed by atoms with van der Waals surface area (Å²) < 4.78 is 13.0. The Labute approximate surface area is 89.9 Å². The van der Waals surface area contributed by atoms with E-state index in [1.165, 1.54) is 6.07 Å². The zero-order chi connectivity index (χ0) is 11.0. The van der Waals surface area contributed by atoms with E-state index in [-0.39, 0.29) is 11.9 Å². The first-order chi connectivity index (χ1) is 7.08. The molecule has 0 radical (unpaired) electrons. The van der Waals surface area contributed by atoms with Crippen molar-refractivity contribution in [2.75, 3.05) is 11.9 Å². The van der Waals surface area contributed by atoms with Gasteiger partial charge in [0.2, 0.25) is 0 Å². The fourth-order valence-corrected chi connectivity index (χ4v) is 2.32. The van der Waals surface area contributed by atoms with Gasteiger partial charge in [-0.2, -0.15) is 0 Å². The maximum absolute atomic E-state index is 13.0. The van der Waals surface area contributed by atoms with Gasteiger partial charge in [0.05, 0.1) is 0 Å². The van der Waals surface area contributed by atoms with Crippen molar-refractivity contribution in [2.24, 2.45) is 5.73 Å². The van der Waals surface area contributed by atoms with Crippen molar-refractivity contribution >= 4 is 5.69 Å². The molecule has 0 amide bonds. The molecule has 0 fully saturated rings. The zero-order valence-electron chi connectivity index (χ0n) is 9.20. The third kappa shape index (κ3) is 1.97. The summed E-state index contributed by atoms with van der Waals surface area (Å²) in [5.74, 6) is -0.149. The second kappa shape index (κ2) is 3.81. The molecule has 1 aromatic rings. The van der Waals surface area contributed by atoms with Gasteiger partial charge in [0.1, 0.15) is 5.82 Å². The summed E-state index contributed by atoms with van der Waals surface area (Å²) in [6, 6.07) is 5.61. The molecule has 1 aliphatic rings. The first-order valence-corrected chi connectivity index (χ1v) is 5.35. The highest BCUT2D eigenvalue weighted by Gasteiger charge is 2.26. The SMILES string of the molecule is CC(N)CC1Cc2cc(F)ccc2N1C. The molecule has 82 valence electrons. The maximum atomic E-state index is 13.0. The van der Waals surface area contributed by atoms with Crippen LogP contribution in [-0.4, -0.2) is 19.1 Å². The molecule has 15 heavy (non-hydrogen) atoms. The third-order valence-electron chi connectivity index (χ3n) is 3.07. The van der Waals surface area contributed by atoms with Gasteiger partial charge in [0.25, 0.3) is 0 Å². The van der Waals surface area contributed by atoms with E-state index in [1.807, 2.05) is 13.0 Å². The van der Waals surface area contributed by atoms with E-state index in [9.17, 15) is 4.39 Å². The van der Waals surface area contributed by atoms with Crippen LogP contribution in [0.15, 0.2) is 18.2 Å². The van der Waals surface area contributed by atoms with Crippen molar-refractivity contribution in [2.45, 2.75) is 31.8 Å². The number of anilines is 1. The minimum atomic E-state index is -0.149. The van der Waals surface area contributed by atoms with E-state index < -0.39 is 0 Å².